The molecule has 0 bridgehead atoms. The van der Waals surface area contributed by atoms with Gasteiger partial charge in [-0.05, 0) is 93.5 Å². The monoisotopic (exact) mass is 584 g/mol. The summed E-state index contributed by atoms with van der Waals surface area (Å²) in [4.78, 5) is 58.5. The Hall–Kier alpha value is -4.99. The van der Waals surface area contributed by atoms with Gasteiger partial charge in [0.05, 0.1) is 11.6 Å². The molecule has 224 valence electrons. The van der Waals surface area contributed by atoms with Crippen LogP contribution in [-0.4, -0.2) is 49.6 Å². The van der Waals surface area contributed by atoms with Crippen molar-refractivity contribution in [3.8, 4) is 0 Å². The van der Waals surface area contributed by atoms with E-state index in [1.807, 2.05) is 45.9 Å². The summed E-state index contributed by atoms with van der Waals surface area (Å²) in [5.74, 6) is -2.56. The van der Waals surface area contributed by atoms with Gasteiger partial charge in [0.15, 0.2) is 0 Å². The second-order valence-corrected chi connectivity index (χ2v) is 10.7. The Morgan fingerprint density at radius 2 is 1.56 bits per heavy atom. The number of aromatic nitrogens is 2. The Morgan fingerprint density at radius 3 is 2.16 bits per heavy atom. The summed E-state index contributed by atoms with van der Waals surface area (Å²) in [6, 6.07) is 0. The first-order valence-corrected chi connectivity index (χ1v) is 14.1. The minimum absolute atomic E-state index is 0.0814. The molecule has 43 heavy (non-hydrogen) atoms. The maximum atomic E-state index is 12.3. The fourth-order valence-electron chi connectivity index (χ4n) is 5.57. The molecule has 2 amide bonds. The standard InChI is InChI=1S/C33H36N4O6/c1-7-20-18(5)32(42)36-26(20)13-24-16(3)22(9-11-30(38)39)28(34-24)15-29-23(10-12-31(40)41)17(4)25(35-29)14-27-21(8-2)19(6)33(43)37-27/h7-8,13-15,19,34-35H,1,9-12H2,2-6H3,(H,37,43)(H,38,39)(H,40,41)/b21-8+,24-13+,27-14-,28-15-/t19-/m0/s1. The smallest absolute Gasteiger partial charge is 0.303 e. The molecule has 2 aliphatic heterocycles. The fourth-order valence-corrected chi connectivity index (χ4v) is 5.57. The lowest BCUT2D eigenvalue weighted by Crippen LogP contribution is -2.16. The molecule has 0 saturated carbocycles. The van der Waals surface area contributed by atoms with Crippen LogP contribution in [-0.2, 0) is 32.0 Å². The topological polar surface area (TPSA) is 165 Å². The third-order valence-corrected chi connectivity index (χ3v) is 8.10. The number of allylic oxidation sites excluding steroid dienone is 4. The van der Waals surface area contributed by atoms with Gasteiger partial charge < -0.3 is 25.5 Å². The van der Waals surface area contributed by atoms with Crippen LogP contribution in [0.2, 0.25) is 0 Å². The highest BCUT2D eigenvalue weighted by Gasteiger charge is 2.29. The van der Waals surface area contributed by atoms with Gasteiger partial charge >= 0.3 is 11.9 Å². The zero-order valence-electron chi connectivity index (χ0n) is 25.0. The van der Waals surface area contributed by atoms with Gasteiger partial charge in [0.2, 0.25) is 5.91 Å². The number of rotatable bonds is 10. The number of aliphatic carboxylic acids is 2. The molecular weight excluding hydrogens is 548 g/mol. The number of carboxylic acids is 2. The van der Waals surface area contributed by atoms with Gasteiger partial charge in [-0.25, -0.2) is 4.99 Å². The first kappa shape index (κ1) is 31.0. The molecular formula is C33H36N4O6. The van der Waals surface area contributed by atoms with Crippen molar-refractivity contribution in [1.29, 1.82) is 0 Å². The van der Waals surface area contributed by atoms with Crippen LogP contribution in [0.25, 0.3) is 18.2 Å². The van der Waals surface area contributed by atoms with Gasteiger partial charge in [0, 0.05) is 51.8 Å². The minimum Gasteiger partial charge on any atom is -0.481 e. The van der Waals surface area contributed by atoms with E-state index in [1.54, 1.807) is 19.1 Å². The van der Waals surface area contributed by atoms with Gasteiger partial charge in [-0.3, -0.25) is 19.2 Å². The molecule has 2 aromatic heterocycles. The Balaban J connectivity index is 1.92. The summed E-state index contributed by atoms with van der Waals surface area (Å²) in [6.45, 7) is 13.0. The van der Waals surface area contributed by atoms with Gasteiger partial charge in [0.25, 0.3) is 5.91 Å². The molecule has 10 heteroatoms. The Bertz CT molecular complexity index is 1810. The zero-order valence-corrected chi connectivity index (χ0v) is 25.0. The highest BCUT2D eigenvalue weighted by molar-refractivity contribution is 6.32. The number of carboxylic acid groups (broad SMARTS) is 2. The van der Waals surface area contributed by atoms with Gasteiger partial charge in [-0.1, -0.05) is 18.7 Å². The van der Waals surface area contributed by atoms with Crippen molar-refractivity contribution in [1.82, 2.24) is 15.3 Å². The fraction of sp³-hybridized carbons (Fsp3) is 0.303. The normalized spacial score (nSPS) is 19.7. The molecule has 10 nitrogen and oxygen atoms in total. The molecule has 0 radical (unpaired) electrons. The molecule has 1 saturated heterocycles. The van der Waals surface area contributed by atoms with Crippen LogP contribution in [0.15, 0.2) is 46.1 Å². The van der Waals surface area contributed by atoms with Crippen LogP contribution in [0.1, 0.15) is 67.3 Å². The molecule has 4 rings (SSSR count). The Morgan fingerprint density at radius 1 is 0.907 bits per heavy atom. The van der Waals surface area contributed by atoms with Crippen molar-refractivity contribution in [2.75, 3.05) is 0 Å². The molecule has 0 unspecified atom stereocenters. The van der Waals surface area contributed by atoms with Crippen LogP contribution in [0.5, 0.6) is 0 Å². The first-order valence-electron chi connectivity index (χ1n) is 14.1. The summed E-state index contributed by atoms with van der Waals surface area (Å²) in [5.41, 5.74) is 7.82. The second kappa shape index (κ2) is 12.5. The van der Waals surface area contributed by atoms with Gasteiger partial charge in [-0.15, -0.1) is 0 Å². The van der Waals surface area contributed by atoms with Crippen LogP contribution in [0, 0.1) is 19.8 Å². The van der Waals surface area contributed by atoms with Gasteiger partial charge in [-0.2, -0.15) is 0 Å². The highest BCUT2D eigenvalue weighted by Crippen LogP contribution is 2.29. The van der Waals surface area contributed by atoms with E-state index in [0.717, 1.165) is 33.5 Å². The number of nitrogens with zero attached hydrogens (tertiary/aromatic N) is 1. The SMILES string of the molecule is C=CC1=C(C)C(=O)N=C1/C=c1/[nH]/c(=C\c2[nH]c(/C=C3\NC(=O)[C@@H](C)\C3=C/C)c(C)c2CCC(=O)O)c(CCC(=O)O)c1C. The van der Waals surface area contributed by atoms with Crippen molar-refractivity contribution >= 4 is 47.7 Å². The summed E-state index contributed by atoms with van der Waals surface area (Å²) < 4.78 is 0. The number of nitrogens with one attached hydrogen (secondary N) is 3. The number of aromatic amines is 2. The predicted molar refractivity (Wildman–Crippen MR) is 165 cm³/mol. The zero-order chi connectivity index (χ0) is 31.6. The third-order valence-electron chi connectivity index (χ3n) is 8.10. The molecule has 0 spiro atoms. The van der Waals surface area contributed by atoms with Crippen LogP contribution in [0.3, 0.4) is 0 Å². The average molecular weight is 585 g/mol. The molecule has 2 aliphatic rings. The predicted octanol–water partition coefficient (Wildman–Crippen LogP) is 3.14. The lowest BCUT2D eigenvalue weighted by Gasteiger charge is -2.03. The van der Waals surface area contributed by atoms with E-state index in [2.05, 4.69) is 26.9 Å². The van der Waals surface area contributed by atoms with Crippen LogP contribution in [0.4, 0.5) is 0 Å². The lowest BCUT2D eigenvalue weighted by atomic mass is 10.00. The Kier molecular flexibility index (Phi) is 8.99. The van der Waals surface area contributed by atoms with Crippen molar-refractivity contribution in [2.24, 2.45) is 10.9 Å². The van der Waals surface area contributed by atoms with E-state index >= 15 is 0 Å². The molecule has 5 N–H and O–H groups in total. The molecule has 1 atom stereocenters. The molecule has 2 aromatic rings. The van der Waals surface area contributed by atoms with E-state index in [1.165, 1.54) is 0 Å². The van der Waals surface area contributed by atoms with E-state index in [4.69, 9.17) is 0 Å². The number of hydrogen-bond acceptors (Lipinski definition) is 4. The molecule has 1 fully saturated rings. The summed E-state index contributed by atoms with van der Waals surface area (Å²) in [6.07, 6.45) is 9.31. The number of carbonyl (C=O) groups is 4. The van der Waals surface area contributed by atoms with Crippen molar-refractivity contribution in [2.45, 2.75) is 60.3 Å². The minimum atomic E-state index is -0.935. The maximum absolute atomic E-state index is 12.3. The van der Waals surface area contributed by atoms with Crippen molar-refractivity contribution in [3.05, 3.63) is 85.5 Å². The van der Waals surface area contributed by atoms with E-state index in [0.29, 0.717) is 38.9 Å². The maximum Gasteiger partial charge on any atom is 0.303 e. The quantitative estimate of drug-likeness (QED) is 0.288. The number of aliphatic imine (C=N–C) groups is 1. The summed E-state index contributed by atoms with van der Waals surface area (Å²) in [7, 11) is 0. The Labute approximate surface area is 249 Å². The van der Waals surface area contributed by atoms with Crippen LogP contribution >= 0.6 is 0 Å². The summed E-state index contributed by atoms with van der Waals surface area (Å²) >= 11 is 0. The van der Waals surface area contributed by atoms with E-state index in [-0.39, 0.29) is 43.4 Å². The summed E-state index contributed by atoms with van der Waals surface area (Å²) in [5, 5.41) is 23.1. The van der Waals surface area contributed by atoms with Gasteiger partial charge in [0.1, 0.15) is 0 Å². The van der Waals surface area contributed by atoms with Crippen molar-refractivity contribution < 1.29 is 29.4 Å². The number of hydrogen-bond donors (Lipinski definition) is 5. The lowest BCUT2D eigenvalue weighted by molar-refractivity contribution is -0.138. The average Bonchev–Trinajstić information content (AvgIpc) is 3.59. The van der Waals surface area contributed by atoms with Crippen LogP contribution < -0.4 is 16.0 Å². The number of carbonyl (C=O) groups excluding carboxylic acids is 2. The third kappa shape index (κ3) is 6.28. The van der Waals surface area contributed by atoms with E-state index < -0.39 is 11.9 Å². The van der Waals surface area contributed by atoms with E-state index in [9.17, 15) is 29.4 Å². The number of H-pyrrole nitrogens is 2. The molecule has 0 aromatic carbocycles. The van der Waals surface area contributed by atoms with Crippen molar-refractivity contribution in [3.63, 3.8) is 0 Å². The molecule has 4 heterocycles. The number of amides is 2. The highest BCUT2D eigenvalue weighted by atomic mass is 16.4. The largest absolute Gasteiger partial charge is 0.481 e. The molecule has 0 aliphatic carbocycles. The second-order valence-electron chi connectivity index (χ2n) is 10.7. The first-order chi connectivity index (χ1) is 20.4.